The zero-order valence-electron chi connectivity index (χ0n) is 12.9. The zero-order chi connectivity index (χ0) is 16.8. The van der Waals surface area contributed by atoms with Gasteiger partial charge in [-0.25, -0.2) is 15.3 Å². The molecule has 3 rings (SSSR count). The Kier molecular flexibility index (Phi) is 6.25. The third-order valence-corrected chi connectivity index (χ3v) is 5.02. The molecule has 1 fully saturated rings. The summed E-state index contributed by atoms with van der Waals surface area (Å²) in [5, 5.41) is 0.630. The van der Waals surface area contributed by atoms with E-state index in [4.69, 9.17) is 9.57 Å². The number of hydrogen-bond donors (Lipinski definition) is 1. The number of nitrogens with one attached hydrogen (secondary N) is 1. The highest BCUT2D eigenvalue weighted by Crippen LogP contribution is 2.29. The molecule has 2 heterocycles. The van der Waals surface area contributed by atoms with Gasteiger partial charge in [0.1, 0.15) is 5.03 Å². The van der Waals surface area contributed by atoms with E-state index >= 15 is 0 Å². The molecular weight excluding hydrogens is 392 g/mol. The average Bonchev–Trinajstić information content (AvgIpc) is 2.63. The summed E-state index contributed by atoms with van der Waals surface area (Å²) >= 11 is 4.84. The van der Waals surface area contributed by atoms with Gasteiger partial charge in [0, 0.05) is 28.6 Å². The van der Waals surface area contributed by atoms with E-state index in [0.717, 1.165) is 28.6 Å². The van der Waals surface area contributed by atoms with Crippen LogP contribution in [0, 0.1) is 0 Å². The Morgan fingerprint density at radius 2 is 2.12 bits per heavy atom. The van der Waals surface area contributed by atoms with Gasteiger partial charge < -0.3 is 4.74 Å². The van der Waals surface area contributed by atoms with E-state index in [9.17, 15) is 4.79 Å². The molecule has 0 aliphatic carbocycles. The second kappa shape index (κ2) is 8.62. The van der Waals surface area contributed by atoms with Crippen LogP contribution in [0.2, 0.25) is 0 Å². The highest BCUT2D eigenvalue weighted by Gasteiger charge is 2.18. The molecule has 0 unspecified atom stereocenters. The first-order valence-electron chi connectivity index (χ1n) is 7.68. The smallest absolute Gasteiger partial charge is 0.277 e. The van der Waals surface area contributed by atoms with Gasteiger partial charge >= 0.3 is 0 Å². The van der Waals surface area contributed by atoms with E-state index in [1.165, 1.54) is 11.8 Å². The maximum Gasteiger partial charge on any atom is 0.277 e. The first kappa shape index (κ1) is 17.4. The van der Waals surface area contributed by atoms with E-state index in [2.05, 4.69) is 26.4 Å². The van der Waals surface area contributed by atoms with Crippen molar-refractivity contribution in [3.05, 3.63) is 52.6 Å². The Labute approximate surface area is 153 Å². The first-order chi connectivity index (χ1) is 11.7. The number of nitrogens with zero attached hydrogens (tertiary/aromatic N) is 1. The lowest BCUT2D eigenvalue weighted by Crippen LogP contribution is -2.33. The topological polar surface area (TPSA) is 60.5 Å². The number of aromatic nitrogens is 1. The van der Waals surface area contributed by atoms with Crippen LogP contribution in [0.1, 0.15) is 29.6 Å². The molecule has 1 saturated heterocycles. The van der Waals surface area contributed by atoms with Crippen molar-refractivity contribution in [1.82, 2.24) is 10.5 Å². The Morgan fingerprint density at radius 1 is 1.29 bits per heavy atom. The molecule has 7 heteroatoms. The van der Waals surface area contributed by atoms with Crippen LogP contribution < -0.4 is 5.48 Å². The second-order valence-corrected chi connectivity index (χ2v) is 7.24. The summed E-state index contributed by atoms with van der Waals surface area (Å²) in [6.45, 7) is 0.665. The van der Waals surface area contributed by atoms with Crippen LogP contribution in [0.15, 0.2) is 57.0 Å². The summed E-state index contributed by atoms with van der Waals surface area (Å²) in [4.78, 5) is 23.1. The van der Waals surface area contributed by atoms with Crippen molar-refractivity contribution in [2.75, 3.05) is 6.61 Å². The molecule has 24 heavy (non-hydrogen) atoms. The molecule has 0 saturated carbocycles. The number of hydroxylamine groups is 1. The van der Waals surface area contributed by atoms with Gasteiger partial charge in [-0.2, -0.15) is 0 Å². The summed E-state index contributed by atoms with van der Waals surface area (Å²) in [6.07, 6.45) is 4.15. The van der Waals surface area contributed by atoms with Crippen molar-refractivity contribution in [2.45, 2.75) is 35.5 Å². The van der Waals surface area contributed by atoms with Crippen LogP contribution in [0.3, 0.4) is 0 Å². The largest absolute Gasteiger partial charge is 0.350 e. The number of pyridine rings is 1. The third kappa shape index (κ3) is 4.80. The van der Waals surface area contributed by atoms with Gasteiger partial charge in [0.15, 0.2) is 6.29 Å². The zero-order valence-corrected chi connectivity index (χ0v) is 15.3. The van der Waals surface area contributed by atoms with Gasteiger partial charge in [0.2, 0.25) is 0 Å². The summed E-state index contributed by atoms with van der Waals surface area (Å²) in [5.74, 6) is -0.322. The van der Waals surface area contributed by atoms with Crippen molar-refractivity contribution < 1.29 is 14.4 Å². The number of ether oxygens (including phenoxy) is 1. The normalized spacial score (nSPS) is 17.5. The highest BCUT2D eigenvalue weighted by atomic mass is 79.9. The minimum Gasteiger partial charge on any atom is -0.350 e. The SMILES string of the molecule is O=C(NO[C@H]1CCCCO1)c1cccnc1Sc1ccc(Br)cc1. The molecule has 1 aromatic heterocycles. The maximum atomic E-state index is 12.4. The van der Waals surface area contributed by atoms with Gasteiger partial charge in [-0.3, -0.25) is 4.79 Å². The minimum absolute atomic E-state index is 0.322. The molecule has 1 atom stereocenters. The van der Waals surface area contributed by atoms with Crippen LogP contribution in [0.4, 0.5) is 0 Å². The Bertz CT molecular complexity index is 690. The molecule has 1 aromatic carbocycles. The Morgan fingerprint density at radius 3 is 2.88 bits per heavy atom. The van der Waals surface area contributed by atoms with Gasteiger partial charge in [-0.1, -0.05) is 27.7 Å². The molecular formula is C17H17BrN2O3S. The molecule has 0 spiro atoms. The number of carbonyl (C=O) groups excluding carboxylic acids is 1. The fourth-order valence-corrected chi connectivity index (χ4v) is 3.38. The summed E-state index contributed by atoms with van der Waals surface area (Å²) in [5.41, 5.74) is 2.95. The lowest BCUT2D eigenvalue weighted by Gasteiger charge is -2.22. The van der Waals surface area contributed by atoms with Crippen LogP contribution in [-0.4, -0.2) is 23.8 Å². The van der Waals surface area contributed by atoms with Crippen molar-refractivity contribution in [1.29, 1.82) is 0 Å². The van der Waals surface area contributed by atoms with Crippen molar-refractivity contribution in [2.24, 2.45) is 0 Å². The van der Waals surface area contributed by atoms with E-state index in [0.29, 0.717) is 17.2 Å². The van der Waals surface area contributed by atoms with Gasteiger partial charge in [-0.15, -0.1) is 0 Å². The maximum absolute atomic E-state index is 12.4. The number of hydrogen-bond acceptors (Lipinski definition) is 5. The minimum atomic E-state index is -0.373. The van der Waals surface area contributed by atoms with E-state index in [-0.39, 0.29) is 12.2 Å². The van der Waals surface area contributed by atoms with E-state index in [1.807, 2.05) is 24.3 Å². The van der Waals surface area contributed by atoms with E-state index < -0.39 is 0 Å². The van der Waals surface area contributed by atoms with Crippen molar-refractivity contribution in [3.63, 3.8) is 0 Å². The Balaban J connectivity index is 1.66. The number of rotatable bonds is 5. The van der Waals surface area contributed by atoms with Crippen molar-refractivity contribution in [3.8, 4) is 0 Å². The van der Waals surface area contributed by atoms with Crippen LogP contribution in [0.5, 0.6) is 0 Å². The molecule has 126 valence electrons. The predicted molar refractivity (Wildman–Crippen MR) is 94.6 cm³/mol. The molecule has 0 bridgehead atoms. The standard InChI is InChI=1S/C17H17BrN2O3S/c18-12-6-8-13(9-7-12)24-17-14(4-3-10-19-17)16(21)20-23-15-5-1-2-11-22-15/h3-4,6-10,15H,1-2,5,11H2,(H,20,21)/t15-/m0/s1. The average molecular weight is 409 g/mol. The third-order valence-electron chi connectivity index (χ3n) is 3.46. The lowest BCUT2D eigenvalue weighted by atomic mass is 10.2. The predicted octanol–water partition coefficient (Wildman–Crippen LogP) is 4.18. The lowest BCUT2D eigenvalue weighted by molar-refractivity contribution is -0.186. The first-order valence-corrected chi connectivity index (χ1v) is 9.29. The number of halogens is 1. The second-order valence-electron chi connectivity index (χ2n) is 5.26. The molecule has 1 aliphatic heterocycles. The number of benzene rings is 1. The number of carbonyl (C=O) groups is 1. The summed E-state index contributed by atoms with van der Waals surface area (Å²) < 4.78 is 6.45. The molecule has 0 radical (unpaired) electrons. The van der Waals surface area contributed by atoms with Crippen LogP contribution in [0.25, 0.3) is 0 Å². The van der Waals surface area contributed by atoms with Crippen LogP contribution in [-0.2, 0) is 9.57 Å². The quantitative estimate of drug-likeness (QED) is 0.751. The fourth-order valence-electron chi connectivity index (χ4n) is 2.24. The molecule has 5 nitrogen and oxygen atoms in total. The molecule has 1 aliphatic rings. The van der Waals surface area contributed by atoms with Gasteiger partial charge in [-0.05, 0) is 49.2 Å². The highest BCUT2D eigenvalue weighted by molar-refractivity contribution is 9.10. The monoisotopic (exact) mass is 408 g/mol. The fraction of sp³-hybridized carbons (Fsp3) is 0.294. The van der Waals surface area contributed by atoms with Crippen LogP contribution >= 0.6 is 27.7 Å². The van der Waals surface area contributed by atoms with Gasteiger partial charge in [0.05, 0.1) is 5.56 Å². The molecule has 1 amide bonds. The molecule has 1 N–H and O–H groups in total. The van der Waals surface area contributed by atoms with Crippen molar-refractivity contribution >= 4 is 33.6 Å². The number of amides is 1. The summed E-state index contributed by atoms with van der Waals surface area (Å²) in [7, 11) is 0. The molecule has 2 aromatic rings. The Hall–Kier alpha value is -1.41. The van der Waals surface area contributed by atoms with E-state index in [1.54, 1.807) is 18.3 Å². The van der Waals surface area contributed by atoms with Gasteiger partial charge in [0.25, 0.3) is 5.91 Å². The summed E-state index contributed by atoms with van der Waals surface area (Å²) in [6, 6.07) is 11.3.